The highest BCUT2D eigenvalue weighted by Gasteiger charge is 2.13. The maximum Gasteiger partial charge on any atom is 0.254 e. The summed E-state index contributed by atoms with van der Waals surface area (Å²) in [5, 5.41) is 2.68. The van der Waals surface area contributed by atoms with Crippen molar-refractivity contribution in [2.45, 2.75) is 6.42 Å². The number of hydrogen-bond acceptors (Lipinski definition) is 2. The molecule has 1 aromatic heterocycles. The van der Waals surface area contributed by atoms with Crippen molar-refractivity contribution in [1.82, 2.24) is 14.9 Å². The van der Waals surface area contributed by atoms with Crippen LogP contribution < -0.4 is 5.32 Å². The van der Waals surface area contributed by atoms with Gasteiger partial charge in [0, 0.05) is 32.4 Å². The van der Waals surface area contributed by atoms with Gasteiger partial charge in [-0.1, -0.05) is 6.07 Å². The minimum absolute atomic E-state index is 0.0363. The molecule has 0 saturated carbocycles. The smallest absolute Gasteiger partial charge is 0.254 e. The fourth-order valence-electron chi connectivity index (χ4n) is 1.70. The maximum atomic E-state index is 13.7. The summed E-state index contributed by atoms with van der Waals surface area (Å²) in [5.74, 6) is -0.0972. The second-order valence-electron chi connectivity index (χ2n) is 4.06. The highest BCUT2D eigenvalue weighted by molar-refractivity contribution is 9.10. The molecule has 0 aliphatic rings. The Labute approximate surface area is 118 Å². The molecule has 4 nitrogen and oxygen atoms in total. The van der Waals surface area contributed by atoms with E-state index in [4.69, 9.17) is 0 Å². The molecule has 1 heterocycles. The van der Waals surface area contributed by atoms with Crippen molar-refractivity contribution in [3.05, 3.63) is 52.3 Å². The van der Waals surface area contributed by atoms with Crippen molar-refractivity contribution < 1.29 is 9.18 Å². The minimum atomic E-state index is -0.544. The largest absolute Gasteiger partial charge is 0.351 e. The van der Waals surface area contributed by atoms with Gasteiger partial charge in [0.25, 0.3) is 5.91 Å². The van der Waals surface area contributed by atoms with Crippen molar-refractivity contribution in [3.8, 4) is 0 Å². The first-order valence-electron chi connectivity index (χ1n) is 5.78. The first kappa shape index (κ1) is 13.7. The van der Waals surface area contributed by atoms with E-state index >= 15 is 0 Å². The summed E-state index contributed by atoms with van der Waals surface area (Å²) >= 11 is 3.06. The lowest BCUT2D eigenvalue weighted by Crippen LogP contribution is -2.27. The molecule has 0 bridgehead atoms. The van der Waals surface area contributed by atoms with Crippen LogP contribution in [0.3, 0.4) is 0 Å². The van der Waals surface area contributed by atoms with Crippen LogP contribution in [-0.4, -0.2) is 22.0 Å². The predicted molar refractivity (Wildman–Crippen MR) is 73.3 cm³/mol. The minimum Gasteiger partial charge on any atom is -0.351 e. The van der Waals surface area contributed by atoms with E-state index in [9.17, 15) is 9.18 Å². The molecular formula is C13H13BrFN3O. The molecule has 19 heavy (non-hydrogen) atoms. The highest BCUT2D eigenvalue weighted by Crippen LogP contribution is 2.18. The monoisotopic (exact) mass is 325 g/mol. The molecule has 0 saturated heterocycles. The Balaban J connectivity index is 1.95. The zero-order valence-electron chi connectivity index (χ0n) is 10.4. The maximum absolute atomic E-state index is 13.7. The molecular weight excluding hydrogens is 313 g/mol. The SMILES string of the molecule is Cn1ccnc1CCNC(=O)c1cccc(Br)c1F. The van der Waals surface area contributed by atoms with Crippen molar-refractivity contribution in [3.63, 3.8) is 0 Å². The molecule has 2 rings (SSSR count). The van der Waals surface area contributed by atoms with Crippen LogP contribution in [0.25, 0.3) is 0 Å². The molecule has 0 aliphatic heterocycles. The lowest BCUT2D eigenvalue weighted by Gasteiger charge is -2.07. The Morgan fingerprint density at radius 2 is 2.32 bits per heavy atom. The van der Waals surface area contributed by atoms with Crippen LogP contribution in [0.4, 0.5) is 4.39 Å². The van der Waals surface area contributed by atoms with Crippen LogP contribution >= 0.6 is 15.9 Å². The van der Waals surface area contributed by atoms with Gasteiger partial charge in [-0.2, -0.15) is 0 Å². The molecule has 1 amide bonds. The van der Waals surface area contributed by atoms with Crippen LogP contribution in [0.1, 0.15) is 16.2 Å². The zero-order valence-corrected chi connectivity index (χ0v) is 11.9. The first-order chi connectivity index (χ1) is 9.09. The summed E-state index contributed by atoms with van der Waals surface area (Å²) in [5.41, 5.74) is 0.0363. The lowest BCUT2D eigenvalue weighted by molar-refractivity contribution is 0.0949. The molecule has 0 unspecified atom stereocenters. The number of nitrogens with one attached hydrogen (secondary N) is 1. The second-order valence-corrected chi connectivity index (χ2v) is 4.92. The molecule has 0 radical (unpaired) electrons. The first-order valence-corrected chi connectivity index (χ1v) is 6.57. The van der Waals surface area contributed by atoms with Gasteiger partial charge >= 0.3 is 0 Å². The van der Waals surface area contributed by atoms with Crippen LogP contribution in [-0.2, 0) is 13.5 Å². The Hall–Kier alpha value is -1.69. The van der Waals surface area contributed by atoms with Crippen LogP contribution in [0.5, 0.6) is 0 Å². The van der Waals surface area contributed by atoms with Crippen molar-refractivity contribution >= 4 is 21.8 Å². The number of imidazole rings is 1. The molecule has 100 valence electrons. The summed E-state index contributed by atoms with van der Waals surface area (Å²) in [7, 11) is 1.89. The van der Waals surface area contributed by atoms with E-state index in [0.29, 0.717) is 13.0 Å². The number of benzene rings is 1. The molecule has 0 spiro atoms. The third-order valence-electron chi connectivity index (χ3n) is 2.75. The van der Waals surface area contributed by atoms with Crippen molar-refractivity contribution in [1.29, 1.82) is 0 Å². The number of carbonyl (C=O) groups excluding carboxylic acids is 1. The Kier molecular flexibility index (Phi) is 4.31. The molecule has 0 fully saturated rings. The average molecular weight is 326 g/mol. The lowest BCUT2D eigenvalue weighted by atomic mass is 10.2. The van der Waals surface area contributed by atoms with E-state index in [1.54, 1.807) is 18.3 Å². The van der Waals surface area contributed by atoms with Gasteiger partial charge in [-0.05, 0) is 28.1 Å². The summed E-state index contributed by atoms with van der Waals surface area (Å²) in [6.45, 7) is 0.412. The Morgan fingerprint density at radius 3 is 3.00 bits per heavy atom. The third kappa shape index (κ3) is 3.20. The van der Waals surface area contributed by atoms with E-state index in [-0.39, 0.29) is 10.0 Å². The van der Waals surface area contributed by atoms with Crippen LogP contribution in [0.15, 0.2) is 35.1 Å². The van der Waals surface area contributed by atoms with Crippen molar-refractivity contribution in [2.24, 2.45) is 7.05 Å². The summed E-state index contributed by atoms with van der Waals surface area (Å²) in [6, 6.07) is 4.64. The highest BCUT2D eigenvalue weighted by atomic mass is 79.9. The van der Waals surface area contributed by atoms with Gasteiger partial charge in [-0.3, -0.25) is 4.79 Å². The van der Waals surface area contributed by atoms with Gasteiger partial charge in [0.1, 0.15) is 11.6 Å². The van der Waals surface area contributed by atoms with E-state index in [1.807, 2.05) is 17.8 Å². The molecule has 0 aliphatic carbocycles. The molecule has 6 heteroatoms. The number of carbonyl (C=O) groups is 1. The molecule has 0 atom stereocenters. The van der Waals surface area contributed by atoms with E-state index < -0.39 is 11.7 Å². The zero-order chi connectivity index (χ0) is 13.8. The van der Waals surface area contributed by atoms with E-state index in [0.717, 1.165) is 5.82 Å². The van der Waals surface area contributed by atoms with E-state index in [1.165, 1.54) is 6.07 Å². The normalized spacial score (nSPS) is 10.5. The van der Waals surface area contributed by atoms with Crippen LogP contribution in [0, 0.1) is 5.82 Å². The third-order valence-corrected chi connectivity index (χ3v) is 3.36. The average Bonchev–Trinajstić information content (AvgIpc) is 2.78. The number of rotatable bonds is 4. The fourth-order valence-corrected chi connectivity index (χ4v) is 2.07. The number of amides is 1. The predicted octanol–water partition coefficient (Wildman–Crippen LogP) is 2.29. The second kappa shape index (κ2) is 5.97. The van der Waals surface area contributed by atoms with Crippen LogP contribution in [0.2, 0.25) is 0 Å². The standard InChI is InChI=1S/C13H13BrFN3O/c1-18-8-7-16-11(18)5-6-17-13(19)9-3-2-4-10(14)12(9)15/h2-4,7-8H,5-6H2,1H3,(H,17,19). The van der Waals surface area contributed by atoms with E-state index in [2.05, 4.69) is 26.2 Å². The quantitative estimate of drug-likeness (QED) is 0.937. The molecule has 2 aromatic rings. The van der Waals surface area contributed by atoms with Crippen molar-refractivity contribution in [2.75, 3.05) is 6.54 Å². The number of hydrogen-bond donors (Lipinski definition) is 1. The van der Waals surface area contributed by atoms with Gasteiger partial charge in [-0.25, -0.2) is 9.37 Å². The number of halogens is 2. The summed E-state index contributed by atoms with van der Waals surface area (Å²) in [4.78, 5) is 16.0. The summed E-state index contributed by atoms with van der Waals surface area (Å²) < 4.78 is 15.9. The number of aryl methyl sites for hydroxylation is 1. The van der Waals surface area contributed by atoms with Gasteiger partial charge < -0.3 is 9.88 Å². The van der Waals surface area contributed by atoms with Gasteiger partial charge in [0.05, 0.1) is 10.0 Å². The Bertz CT molecular complexity index is 597. The topological polar surface area (TPSA) is 46.9 Å². The van der Waals surface area contributed by atoms with Gasteiger partial charge in [0.15, 0.2) is 0 Å². The fraction of sp³-hybridized carbons (Fsp3) is 0.231. The Morgan fingerprint density at radius 1 is 1.53 bits per heavy atom. The van der Waals surface area contributed by atoms with Gasteiger partial charge in [0.2, 0.25) is 0 Å². The number of nitrogens with zero attached hydrogens (tertiary/aromatic N) is 2. The van der Waals surface area contributed by atoms with Gasteiger partial charge in [-0.15, -0.1) is 0 Å². The molecule has 1 N–H and O–H groups in total. The molecule has 1 aromatic carbocycles. The number of aromatic nitrogens is 2. The summed E-state index contributed by atoms with van der Waals surface area (Å²) in [6.07, 6.45) is 4.14.